The van der Waals surface area contributed by atoms with Crippen LogP contribution in [0.5, 0.6) is 0 Å². The average molecular weight is 399 g/mol. The van der Waals surface area contributed by atoms with Crippen LogP contribution in [0.4, 0.5) is 5.69 Å². The first-order valence-corrected chi connectivity index (χ1v) is 10.6. The normalized spacial score (nSPS) is 24.0. The molecule has 2 fully saturated rings. The van der Waals surface area contributed by atoms with Crippen LogP contribution < -0.4 is 10.2 Å². The minimum Gasteiger partial charge on any atom is -0.370 e. The monoisotopic (exact) mass is 398 g/mol. The molecular formula is C21H30N6O2. The van der Waals surface area contributed by atoms with Gasteiger partial charge in [-0.15, -0.1) is 0 Å². The Hall–Kier alpha value is -2.32. The average Bonchev–Trinajstić information content (AvgIpc) is 2.73. The summed E-state index contributed by atoms with van der Waals surface area (Å²) >= 11 is 0. The number of fused-ring (bicyclic) bond motifs is 1. The van der Waals surface area contributed by atoms with Gasteiger partial charge in [0.25, 0.3) is 0 Å². The molecule has 2 aliphatic rings. The molecule has 8 heteroatoms. The molecule has 1 N–H and O–H groups in total. The molecule has 0 spiro atoms. The van der Waals surface area contributed by atoms with E-state index in [-0.39, 0.29) is 24.0 Å². The molecule has 2 saturated heterocycles. The number of piperidine rings is 1. The molecule has 1 amide bonds. The maximum Gasteiger partial charge on any atom is 0.223 e. The molecule has 4 heterocycles. The third-order valence-corrected chi connectivity index (χ3v) is 5.79. The number of morpholine rings is 1. The summed E-state index contributed by atoms with van der Waals surface area (Å²) in [5.41, 5.74) is 2.58. The molecular weight excluding hydrogens is 368 g/mol. The fourth-order valence-electron chi connectivity index (χ4n) is 4.45. The molecule has 0 aromatic carbocycles. The van der Waals surface area contributed by atoms with Crippen molar-refractivity contribution in [2.24, 2.45) is 5.92 Å². The van der Waals surface area contributed by atoms with Gasteiger partial charge in [0.1, 0.15) is 5.52 Å². The van der Waals surface area contributed by atoms with Gasteiger partial charge in [0, 0.05) is 50.7 Å². The molecule has 29 heavy (non-hydrogen) atoms. The third kappa shape index (κ3) is 4.64. The number of anilines is 1. The van der Waals surface area contributed by atoms with Gasteiger partial charge in [0.05, 0.1) is 17.9 Å². The number of aromatic nitrogens is 3. The highest BCUT2D eigenvalue weighted by atomic mass is 16.5. The van der Waals surface area contributed by atoms with E-state index >= 15 is 0 Å². The van der Waals surface area contributed by atoms with E-state index in [9.17, 15) is 4.79 Å². The quantitative estimate of drug-likeness (QED) is 0.816. The van der Waals surface area contributed by atoms with Crippen molar-refractivity contribution in [3.63, 3.8) is 0 Å². The summed E-state index contributed by atoms with van der Waals surface area (Å²) in [5.74, 6) is 0.349. The maximum absolute atomic E-state index is 12.1. The van der Waals surface area contributed by atoms with Gasteiger partial charge in [-0.3, -0.25) is 4.79 Å². The second kappa shape index (κ2) is 9.00. The van der Waals surface area contributed by atoms with Crippen LogP contribution in [0.3, 0.4) is 0 Å². The highest BCUT2D eigenvalue weighted by molar-refractivity contribution is 5.85. The van der Waals surface area contributed by atoms with Crippen LogP contribution in [0.15, 0.2) is 24.7 Å². The zero-order valence-corrected chi connectivity index (χ0v) is 17.3. The lowest BCUT2D eigenvalue weighted by Gasteiger charge is -2.41. The molecule has 2 aromatic heterocycles. The number of ether oxygens (including phenoxy) is 1. The van der Waals surface area contributed by atoms with Crippen molar-refractivity contribution < 1.29 is 9.53 Å². The number of amides is 1. The topological polar surface area (TPSA) is 83.5 Å². The molecule has 8 nitrogen and oxygen atoms in total. The van der Waals surface area contributed by atoms with Crippen molar-refractivity contribution in [1.29, 1.82) is 0 Å². The van der Waals surface area contributed by atoms with E-state index in [0.29, 0.717) is 12.2 Å². The van der Waals surface area contributed by atoms with Crippen LogP contribution >= 0.6 is 0 Å². The Labute approximate surface area is 171 Å². The zero-order valence-electron chi connectivity index (χ0n) is 17.3. The number of nitrogens with one attached hydrogen (secondary N) is 1. The van der Waals surface area contributed by atoms with Crippen molar-refractivity contribution in [2.45, 2.75) is 38.9 Å². The molecule has 0 unspecified atom stereocenters. The molecule has 0 aliphatic carbocycles. The predicted molar refractivity (Wildman–Crippen MR) is 112 cm³/mol. The van der Waals surface area contributed by atoms with Crippen molar-refractivity contribution >= 4 is 22.8 Å². The van der Waals surface area contributed by atoms with Crippen molar-refractivity contribution in [2.75, 3.05) is 44.2 Å². The first kappa shape index (κ1) is 20.0. The van der Waals surface area contributed by atoms with Crippen molar-refractivity contribution in [3.8, 4) is 0 Å². The van der Waals surface area contributed by atoms with Gasteiger partial charge in [0.2, 0.25) is 5.91 Å². The third-order valence-electron chi connectivity index (χ3n) is 5.79. The van der Waals surface area contributed by atoms with Gasteiger partial charge >= 0.3 is 0 Å². The lowest BCUT2D eigenvalue weighted by atomic mass is 9.95. The Morgan fingerprint density at radius 1 is 1.17 bits per heavy atom. The van der Waals surface area contributed by atoms with Gasteiger partial charge in [-0.25, -0.2) is 15.0 Å². The van der Waals surface area contributed by atoms with Crippen LogP contribution in [-0.4, -0.2) is 77.2 Å². The van der Waals surface area contributed by atoms with Crippen LogP contribution in [0.1, 0.15) is 26.7 Å². The van der Waals surface area contributed by atoms with Crippen LogP contribution in [0, 0.1) is 5.92 Å². The molecule has 2 atom stereocenters. The number of hydrogen-bond donors (Lipinski definition) is 1. The van der Waals surface area contributed by atoms with E-state index in [1.807, 2.05) is 13.0 Å². The summed E-state index contributed by atoms with van der Waals surface area (Å²) in [4.78, 5) is 30.0. The van der Waals surface area contributed by atoms with E-state index in [1.54, 1.807) is 18.6 Å². The highest BCUT2D eigenvalue weighted by Gasteiger charge is 2.31. The summed E-state index contributed by atoms with van der Waals surface area (Å²) < 4.78 is 6.25. The molecule has 2 aliphatic heterocycles. The molecule has 0 radical (unpaired) electrons. The Morgan fingerprint density at radius 2 is 1.93 bits per heavy atom. The van der Waals surface area contributed by atoms with Crippen molar-refractivity contribution in [3.05, 3.63) is 24.7 Å². The fourth-order valence-corrected chi connectivity index (χ4v) is 4.45. The smallest absolute Gasteiger partial charge is 0.223 e. The Balaban J connectivity index is 1.39. The van der Waals surface area contributed by atoms with Gasteiger partial charge in [-0.1, -0.05) is 0 Å². The summed E-state index contributed by atoms with van der Waals surface area (Å²) in [6.45, 7) is 9.21. The van der Waals surface area contributed by atoms with Gasteiger partial charge in [0.15, 0.2) is 5.65 Å². The maximum atomic E-state index is 12.1. The summed E-state index contributed by atoms with van der Waals surface area (Å²) in [7, 11) is 0. The second-order valence-electron chi connectivity index (χ2n) is 8.00. The fraction of sp³-hybridized carbons (Fsp3) is 0.619. The Bertz CT molecular complexity index is 834. The second-order valence-corrected chi connectivity index (χ2v) is 8.00. The lowest BCUT2D eigenvalue weighted by Crippen LogP contribution is -2.52. The Morgan fingerprint density at radius 3 is 2.72 bits per heavy atom. The molecule has 0 saturated carbocycles. The molecule has 2 aromatic rings. The number of carbonyl (C=O) groups excluding carboxylic acids is 1. The van der Waals surface area contributed by atoms with E-state index in [0.717, 1.165) is 56.8 Å². The van der Waals surface area contributed by atoms with Crippen molar-refractivity contribution in [1.82, 2.24) is 25.2 Å². The van der Waals surface area contributed by atoms with E-state index < -0.39 is 0 Å². The predicted octanol–water partition coefficient (Wildman–Crippen LogP) is 1.47. The number of nitrogens with zero attached hydrogens (tertiary/aromatic N) is 5. The van der Waals surface area contributed by atoms with Crippen LogP contribution in [-0.2, 0) is 9.53 Å². The Kier molecular flexibility index (Phi) is 6.20. The van der Waals surface area contributed by atoms with Gasteiger partial charge in [-0.05, 0) is 45.8 Å². The highest BCUT2D eigenvalue weighted by Crippen LogP contribution is 2.26. The van der Waals surface area contributed by atoms with E-state index in [1.165, 1.54) is 0 Å². The molecule has 156 valence electrons. The minimum atomic E-state index is 0.125. The number of rotatable bonds is 5. The molecule has 4 rings (SSSR count). The van der Waals surface area contributed by atoms with Gasteiger partial charge < -0.3 is 19.9 Å². The lowest BCUT2D eigenvalue weighted by molar-refractivity contribution is -0.126. The number of likely N-dealkylation sites (tertiary alicyclic amines) is 1. The summed E-state index contributed by atoms with van der Waals surface area (Å²) in [6.07, 6.45) is 7.29. The first-order chi connectivity index (χ1) is 14.1. The largest absolute Gasteiger partial charge is 0.370 e. The minimum absolute atomic E-state index is 0.125. The van der Waals surface area contributed by atoms with E-state index in [4.69, 9.17) is 4.74 Å². The van der Waals surface area contributed by atoms with E-state index in [2.05, 4.69) is 37.0 Å². The number of hydrogen-bond acceptors (Lipinski definition) is 7. The molecule has 0 bridgehead atoms. The van der Waals surface area contributed by atoms with Crippen LogP contribution in [0.2, 0.25) is 0 Å². The summed E-state index contributed by atoms with van der Waals surface area (Å²) in [5, 5.41) is 2.95. The van der Waals surface area contributed by atoms with Crippen LogP contribution in [0.25, 0.3) is 11.2 Å². The summed E-state index contributed by atoms with van der Waals surface area (Å²) in [6, 6.07) is 2.02. The zero-order chi connectivity index (χ0) is 20.2. The standard InChI is InChI=1S/C21H30N6O2/c1-3-22-21(28)16-5-10-26(11-6-16)13-17-14-27(12-15(2)29-17)18-4-7-24-20-19(18)23-8-9-25-20/h4,7-9,15-17H,3,5-6,10-14H2,1-2H3,(H,22,28)/t15-,17+/m1/s1. The number of pyridine rings is 1. The van der Waals surface area contributed by atoms with Gasteiger partial charge in [-0.2, -0.15) is 0 Å². The first-order valence-electron chi connectivity index (χ1n) is 10.6. The number of carbonyl (C=O) groups is 1. The SMILES string of the molecule is CCNC(=O)C1CCN(C[C@H]2CN(c3ccnc4nccnc34)C[C@@H](C)O2)CC1.